The molecule has 2 N–H and O–H groups in total. The molecule has 1 aliphatic heterocycles. The minimum absolute atomic E-state index is 0.148. The number of hydrogen-bond acceptors (Lipinski definition) is 2. The first-order valence-corrected chi connectivity index (χ1v) is 7.25. The summed E-state index contributed by atoms with van der Waals surface area (Å²) in [6, 6.07) is 4.87. The van der Waals surface area contributed by atoms with Crippen molar-refractivity contribution in [1.29, 1.82) is 0 Å². The molecular weight excluding hydrogens is 332 g/mol. The minimum Gasteiger partial charge on any atom is -0.481 e. The van der Waals surface area contributed by atoms with Crippen LogP contribution in [0.2, 0.25) is 0 Å². The lowest BCUT2D eigenvalue weighted by atomic mass is 9.96. The third kappa shape index (κ3) is 4.36. The summed E-state index contributed by atoms with van der Waals surface area (Å²) in [5.41, 5.74) is 0.759. The van der Waals surface area contributed by atoms with Crippen LogP contribution in [-0.2, 0) is 11.2 Å². The second-order valence-electron chi connectivity index (χ2n) is 5.61. The average molecular weight is 348 g/mol. The van der Waals surface area contributed by atoms with Crippen molar-refractivity contribution in [2.75, 3.05) is 19.6 Å². The van der Waals surface area contributed by atoms with E-state index in [1.807, 2.05) is 0 Å². The number of amides is 2. The van der Waals surface area contributed by atoms with E-state index in [4.69, 9.17) is 5.11 Å². The Bertz CT molecular complexity index is 604. The van der Waals surface area contributed by atoms with Crippen molar-refractivity contribution in [3.63, 3.8) is 0 Å². The van der Waals surface area contributed by atoms with Crippen molar-refractivity contribution in [2.45, 2.75) is 12.6 Å². The fraction of sp³-hybridized carbons (Fsp3) is 0.467. The highest BCUT2D eigenvalue weighted by Crippen LogP contribution is 2.37. The lowest BCUT2D eigenvalue weighted by Gasteiger charge is -2.18. The van der Waals surface area contributed by atoms with Gasteiger partial charge in [-0.1, -0.05) is 12.1 Å². The molecule has 2 atom stereocenters. The lowest BCUT2D eigenvalue weighted by molar-refractivity contribution is -0.187. The topological polar surface area (TPSA) is 69.6 Å². The molecule has 1 aromatic rings. The smallest absolute Gasteiger partial charge is 0.394 e. The number of urea groups is 1. The monoisotopic (exact) mass is 348 g/mol. The van der Waals surface area contributed by atoms with E-state index in [1.54, 1.807) is 0 Å². The second kappa shape index (κ2) is 7.06. The van der Waals surface area contributed by atoms with Gasteiger partial charge in [-0.3, -0.25) is 4.79 Å². The molecule has 2 rings (SSSR count). The molecule has 9 heteroatoms. The first-order chi connectivity index (χ1) is 11.2. The van der Waals surface area contributed by atoms with Crippen molar-refractivity contribution in [2.24, 2.45) is 11.8 Å². The number of aliphatic carboxylic acids is 1. The van der Waals surface area contributed by atoms with Crippen molar-refractivity contribution in [3.05, 3.63) is 35.6 Å². The molecule has 0 radical (unpaired) electrons. The number of carbonyl (C=O) groups excluding carboxylic acids is 1. The zero-order valence-electron chi connectivity index (χ0n) is 12.5. The molecule has 0 bridgehead atoms. The Kier molecular flexibility index (Phi) is 5.30. The molecule has 1 saturated heterocycles. The summed E-state index contributed by atoms with van der Waals surface area (Å²) in [6.45, 7) is -1.01. The number of rotatable bonds is 4. The SMILES string of the molecule is O=C(O)[C@@H]1CN(C(=O)NCCc2ccc(F)cc2)C[C@H]1C(F)(F)F. The van der Waals surface area contributed by atoms with Crippen molar-refractivity contribution < 1.29 is 32.3 Å². The fourth-order valence-electron chi connectivity index (χ4n) is 2.63. The number of nitrogens with zero attached hydrogens (tertiary/aromatic N) is 1. The fourth-order valence-corrected chi connectivity index (χ4v) is 2.63. The predicted molar refractivity (Wildman–Crippen MR) is 75.7 cm³/mol. The minimum atomic E-state index is -4.67. The predicted octanol–water partition coefficient (Wildman–Crippen LogP) is 2.27. The molecule has 0 unspecified atom stereocenters. The van der Waals surface area contributed by atoms with E-state index in [2.05, 4.69) is 5.32 Å². The first-order valence-electron chi connectivity index (χ1n) is 7.25. The molecule has 1 aromatic carbocycles. The van der Waals surface area contributed by atoms with Crippen LogP contribution in [0, 0.1) is 17.7 Å². The molecule has 0 aliphatic carbocycles. The Hall–Kier alpha value is -2.32. The summed E-state index contributed by atoms with van der Waals surface area (Å²) in [6.07, 6.45) is -4.29. The summed E-state index contributed by atoms with van der Waals surface area (Å²) < 4.78 is 51.3. The summed E-state index contributed by atoms with van der Waals surface area (Å²) in [4.78, 5) is 23.8. The molecule has 1 heterocycles. The van der Waals surface area contributed by atoms with E-state index in [9.17, 15) is 27.2 Å². The van der Waals surface area contributed by atoms with Gasteiger partial charge in [0.05, 0.1) is 11.8 Å². The van der Waals surface area contributed by atoms with Gasteiger partial charge in [0.25, 0.3) is 0 Å². The van der Waals surface area contributed by atoms with Crippen molar-refractivity contribution in [1.82, 2.24) is 10.2 Å². The molecule has 24 heavy (non-hydrogen) atoms. The van der Waals surface area contributed by atoms with Gasteiger partial charge in [-0.2, -0.15) is 13.2 Å². The maximum Gasteiger partial charge on any atom is 0.394 e. The van der Waals surface area contributed by atoms with E-state index in [1.165, 1.54) is 24.3 Å². The zero-order valence-corrected chi connectivity index (χ0v) is 12.5. The molecule has 0 spiro atoms. The first kappa shape index (κ1) is 18.0. The highest BCUT2D eigenvalue weighted by Gasteiger charge is 2.53. The van der Waals surface area contributed by atoms with Gasteiger partial charge in [0.15, 0.2) is 0 Å². The summed E-state index contributed by atoms with van der Waals surface area (Å²) >= 11 is 0. The standard InChI is InChI=1S/C15H16F4N2O3/c16-10-3-1-9(2-4-10)5-6-20-14(24)21-7-11(13(22)23)12(8-21)15(17,18)19/h1-4,11-12H,5-8H2,(H,20,24)(H,22,23)/t11-,12-/m1/s1. The number of carbonyl (C=O) groups is 2. The van der Waals surface area contributed by atoms with Crippen LogP contribution >= 0.6 is 0 Å². The average Bonchev–Trinajstić information content (AvgIpc) is 2.95. The van der Waals surface area contributed by atoms with Gasteiger partial charge in [-0.15, -0.1) is 0 Å². The van der Waals surface area contributed by atoms with E-state index in [-0.39, 0.29) is 6.54 Å². The maximum absolute atomic E-state index is 12.9. The van der Waals surface area contributed by atoms with Crippen LogP contribution in [0.4, 0.5) is 22.4 Å². The van der Waals surface area contributed by atoms with Crippen LogP contribution < -0.4 is 5.32 Å². The quantitative estimate of drug-likeness (QED) is 0.820. The van der Waals surface area contributed by atoms with E-state index in [0.29, 0.717) is 6.42 Å². The Labute approximate surface area is 135 Å². The largest absolute Gasteiger partial charge is 0.481 e. The summed E-state index contributed by atoms with van der Waals surface area (Å²) in [5, 5.41) is 11.4. The summed E-state index contributed by atoms with van der Waals surface area (Å²) in [7, 11) is 0. The van der Waals surface area contributed by atoms with Gasteiger partial charge in [-0.25, -0.2) is 9.18 Å². The third-order valence-electron chi connectivity index (χ3n) is 3.95. The van der Waals surface area contributed by atoms with Gasteiger partial charge >= 0.3 is 18.2 Å². The van der Waals surface area contributed by atoms with Crippen LogP contribution in [0.3, 0.4) is 0 Å². The van der Waals surface area contributed by atoms with E-state index in [0.717, 1.165) is 10.5 Å². The Morgan fingerprint density at radius 1 is 1.21 bits per heavy atom. The third-order valence-corrected chi connectivity index (χ3v) is 3.95. The molecule has 5 nitrogen and oxygen atoms in total. The molecule has 2 amide bonds. The van der Waals surface area contributed by atoms with Crippen LogP contribution in [0.5, 0.6) is 0 Å². The van der Waals surface area contributed by atoms with Crippen molar-refractivity contribution >= 4 is 12.0 Å². The highest BCUT2D eigenvalue weighted by atomic mass is 19.4. The van der Waals surface area contributed by atoms with Crippen LogP contribution in [-0.4, -0.2) is 47.8 Å². The van der Waals surface area contributed by atoms with Crippen molar-refractivity contribution in [3.8, 4) is 0 Å². The normalized spacial score (nSPS) is 20.9. The molecule has 132 valence electrons. The van der Waals surface area contributed by atoms with E-state index < -0.39 is 48.9 Å². The highest BCUT2D eigenvalue weighted by molar-refractivity contribution is 5.77. The lowest BCUT2D eigenvalue weighted by Crippen LogP contribution is -2.40. The van der Waals surface area contributed by atoms with Crippen LogP contribution in [0.15, 0.2) is 24.3 Å². The van der Waals surface area contributed by atoms with Gasteiger partial charge in [0.1, 0.15) is 5.82 Å². The summed E-state index contributed by atoms with van der Waals surface area (Å²) in [5.74, 6) is -5.69. The molecule has 1 fully saturated rings. The Morgan fingerprint density at radius 3 is 2.33 bits per heavy atom. The van der Waals surface area contributed by atoms with E-state index >= 15 is 0 Å². The Balaban J connectivity index is 1.88. The number of nitrogens with one attached hydrogen (secondary N) is 1. The second-order valence-corrected chi connectivity index (χ2v) is 5.61. The number of likely N-dealkylation sites (tertiary alicyclic amines) is 1. The number of carboxylic acid groups (broad SMARTS) is 1. The number of hydrogen-bond donors (Lipinski definition) is 2. The van der Waals surface area contributed by atoms with Gasteiger partial charge < -0.3 is 15.3 Å². The zero-order chi connectivity index (χ0) is 17.9. The van der Waals surface area contributed by atoms with Gasteiger partial charge in [-0.05, 0) is 24.1 Å². The Morgan fingerprint density at radius 2 is 1.83 bits per heavy atom. The van der Waals surface area contributed by atoms with Gasteiger partial charge in [0, 0.05) is 19.6 Å². The number of halogens is 4. The maximum atomic E-state index is 12.9. The number of alkyl halides is 3. The van der Waals surface area contributed by atoms with Gasteiger partial charge in [0.2, 0.25) is 0 Å². The number of benzene rings is 1. The van der Waals surface area contributed by atoms with Crippen LogP contribution in [0.1, 0.15) is 5.56 Å². The van der Waals surface area contributed by atoms with Crippen LogP contribution in [0.25, 0.3) is 0 Å². The molecule has 0 saturated carbocycles. The molecular formula is C15H16F4N2O3. The molecule has 1 aliphatic rings. The number of carboxylic acids is 1. The molecule has 0 aromatic heterocycles.